The molecular weight excluding hydrogens is 186 g/mol. The molecule has 3 atom stereocenters. The van der Waals surface area contributed by atoms with Crippen molar-refractivity contribution in [1.82, 2.24) is 0 Å². The van der Waals surface area contributed by atoms with Gasteiger partial charge in [-0.05, 0) is 31.6 Å². The van der Waals surface area contributed by atoms with Crippen molar-refractivity contribution in [3.05, 3.63) is 0 Å². The van der Waals surface area contributed by atoms with Gasteiger partial charge in [-0.25, -0.2) is 0 Å². The molecule has 1 saturated carbocycles. The topological polar surface area (TPSA) is 35.2 Å². The predicted molar refractivity (Wildman–Crippen MR) is 62.7 cm³/mol. The largest absolute Gasteiger partial charge is 0.378 e. The second kappa shape index (κ2) is 5.31. The Hall–Kier alpha value is -0.0800. The van der Waals surface area contributed by atoms with Crippen LogP contribution in [-0.2, 0) is 4.74 Å². The molecule has 0 amide bonds. The van der Waals surface area contributed by atoms with E-state index >= 15 is 0 Å². The molecule has 0 bridgehead atoms. The van der Waals surface area contributed by atoms with Crippen molar-refractivity contribution in [1.29, 1.82) is 0 Å². The van der Waals surface area contributed by atoms with Crippen LogP contribution in [-0.4, -0.2) is 18.8 Å². The van der Waals surface area contributed by atoms with Gasteiger partial charge in [-0.2, -0.15) is 0 Å². The Morgan fingerprint density at radius 3 is 2.60 bits per heavy atom. The third kappa shape index (κ3) is 2.54. The first-order valence-electron chi connectivity index (χ1n) is 6.70. The lowest BCUT2D eigenvalue weighted by molar-refractivity contribution is 0.0718. The SMILES string of the molecule is CCC1OCCC1C(N)C1CCCCC1. The van der Waals surface area contributed by atoms with E-state index in [9.17, 15) is 0 Å². The van der Waals surface area contributed by atoms with E-state index < -0.39 is 0 Å². The summed E-state index contributed by atoms with van der Waals surface area (Å²) < 4.78 is 5.75. The van der Waals surface area contributed by atoms with E-state index in [1.165, 1.54) is 38.5 Å². The molecule has 0 spiro atoms. The van der Waals surface area contributed by atoms with Crippen molar-refractivity contribution in [2.24, 2.45) is 17.6 Å². The Labute approximate surface area is 93.6 Å². The number of hydrogen-bond acceptors (Lipinski definition) is 2. The average Bonchev–Trinajstić information content (AvgIpc) is 2.77. The lowest BCUT2D eigenvalue weighted by Crippen LogP contribution is -2.42. The highest BCUT2D eigenvalue weighted by molar-refractivity contribution is 4.88. The fourth-order valence-corrected chi connectivity index (χ4v) is 3.39. The first-order chi connectivity index (χ1) is 7.33. The minimum atomic E-state index is 0.401. The minimum absolute atomic E-state index is 0.401. The number of ether oxygens (including phenoxy) is 1. The Kier molecular flexibility index (Phi) is 4.04. The minimum Gasteiger partial charge on any atom is -0.378 e. The molecule has 0 aromatic rings. The summed E-state index contributed by atoms with van der Waals surface area (Å²) in [6, 6.07) is 0.401. The van der Waals surface area contributed by atoms with Gasteiger partial charge < -0.3 is 10.5 Å². The Morgan fingerprint density at radius 2 is 1.93 bits per heavy atom. The van der Waals surface area contributed by atoms with Crippen LogP contribution in [0.25, 0.3) is 0 Å². The van der Waals surface area contributed by atoms with Crippen molar-refractivity contribution in [2.75, 3.05) is 6.61 Å². The van der Waals surface area contributed by atoms with Crippen LogP contribution < -0.4 is 5.73 Å². The fourth-order valence-electron chi connectivity index (χ4n) is 3.39. The van der Waals surface area contributed by atoms with Crippen molar-refractivity contribution in [3.8, 4) is 0 Å². The van der Waals surface area contributed by atoms with Crippen molar-refractivity contribution in [3.63, 3.8) is 0 Å². The summed E-state index contributed by atoms with van der Waals surface area (Å²) in [5.41, 5.74) is 6.44. The summed E-state index contributed by atoms with van der Waals surface area (Å²) in [4.78, 5) is 0. The molecule has 0 aromatic carbocycles. The van der Waals surface area contributed by atoms with E-state index in [-0.39, 0.29) is 0 Å². The summed E-state index contributed by atoms with van der Waals surface area (Å²) in [6.45, 7) is 3.15. The maximum Gasteiger partial charge on any atom is 0.0616 e. The van der Waals surface area contributed by atoms with Crippen LogP contribution in [0.1, 0.15) is 51.9 Å². The monoisotopic (exact) mass is 211 g/mol. The average molecular weight is 211 g/mol. The molecule has 2 fully saturated rings. The molecule has 2 rings (SSSR count). The molecule has 1 aliphatic carbocycles. The summed E-state index contributed by atoms with van der Waals surface area (Å²) in [5.74, 6) is 1.41. The van der Waals surface area contributed by atoms with Crippen molar-refractivity contribution >= 4 is 0 Å². The molecule has 15 heavy (non-hydrogen) atoms. The second-order valence-corrected chi connectivity index (χ2v) is 5.25. The van der Waals surface area contributed by atoms with Gasteiger partial charge in [-0.15, -0.1) is 0 Å². The van der Waals surface area contributed by atoms with E-state index in [2.05, 4.69) is 6.92 Å². The molecule has 3 unspecified atom stereocenters. The summed E-state index contributed by atoms with van der Waals surface area (Å²) in [7, 11) is 0. The van der Waals surface area contributed by atoms with Gasteiger partial charge in [0.1, 0.15) is 0 Å². The van der Waals surface area contributed by atoms with Gasteiger partial charge >= 0.3 is 0 Å². The van der Waals surface area contributed by atoms with Crippen LogP contribution in [0.4, 0.5) is 0 Å². The molecule has 2 aliphatic rings. The van der Waals surface area contributed by atoms with Crippen molar-refractivity contribution in [2.45, 2.75) is 64.0 Å². The van der Waals surface area contributed by atoms with Crippen LogP contribution in [0.5, 0.6) is 0 Å². The van der Waals surface area contributed by atoms with Gasteiger partial charge in [-0.3, -0.25) is 0 Å². The zero-order valence-corrected chi connectivity index (χ0v) is 9.95. The molecule has 1 saturated heterocycles. The van der Waals surface area contributed by atoms with Gasteiger partial charge in [-0.1, -0.05) is 26.2 Å². The van der Waals surface area contributed by atoms with Gasteiger partial charge in [0.25, 0.3) is 0 Å². The number of nitrogens with two attached hydrogens (primary N) is 1. The van der Waals surface area contributed by atoms with E-state index in [0.717, 1.165) is 18.9 Å². The fraction of sp³-hybridized carbons (Fsp3) is 1.00. The van der Waals surface area contributed by atoms with E-state index in [4.69, 9.17) is 10.5 Å². The maximum absolute atomic E-state index is 6.44. The molecule has 0 radical (unpaired) electrons. The standard InChI is InChI=1S/C13H25NO/c1-2-12-11(8-9-15-12)13(14)10-6-4-3-5-7-10/h10-13H,2-9,14H2,1H3. The smallest absolute Gasteiger partial charge is 0.0616 e. The quantitative estimate of drug-likeness (QED) is 0.779. The van der Waals surface area contributed by atoms with Crippen LogP contribution in [0.3, 0.4) is 0 Å². The summed E-state index contributed by atoms with van der Waals surface area (Å²) >= 11 is 0. The van der Waals surface area contributed by atoms with E-state index in [0.29, 0.717) is 18.1 Å². The van der Waals surface area contributed by atoms with Crippen LogP contribution in [0, 0.1) is 11.8 Å². The second-order valence-electron chi connectivity index (χ2n) is 5.25. The predicted octanol–water partition coefficient (Wildman–Crippen LogP) is 2.71. The highest BCUT2D eigenvalue weighted by atomic mass is 16.5. The molecule has 1 aliphatic heterocycles. The lowest BCUT2D eigenvalue weighted by Gasteiger charge is -2.33. The zero-order chi connectivity index (χ0) is 10.7. The highest BCUT2D eigenvalue weighted by Gasteiger charge is 2.35. The first-order valence-corrected chi connectivity index (χ1v) is 6.70. The van der Waals surface area contributed by atoms with Gasteiger partial charge in [0.05, 0.1) is 6.10 Å². The zero-order valence-electron chi connectivity index (χ0n) is 9.95. The molecule has 0 aromatic heterocycles. The first kappa shape index (κ1) is 11.4. The number of rotatable bonds is 3. The summed E-state index contributed by atoms with van der Waals surface area (Å²) in [6.07, 6.45) is 9.68. The highest BCUT2D eigenvalue weighted by Crippen LogP contribution is 2.34. The number of hydrogen-bond donors (Lipinski definition) is 1. The summed E-state index contributed by atoms with van der Waals surface area (Å²) in [5, 5.41) is 0. The molecule has 1 heterocycles. The third-order valence-corrected chi connectivity index (χ3v) is 4.35. The van der Waals surface area contributed by atoms with E-state index in [1.807, 2.05) is 0 Å². The molecule has 2 N–H and O–H groups in total. The van der Waals surface area contributed by atoms with E-state index in [1.54, 1.807) is 0 Å². The molecular formula is C13H25NO. The van der Waals surface area contributed by atoms with Crippen LogP contribution in [0.2, 0.25) is 0 Å². The van der Waals surface area contributed by atoms with Crippen LogP contribution in [0.15, 0.2) is 0 Å². The van der Waals surface area contributed by atoms with Gasteiger partial charge in [0.2, 0.25) is 0 Å². The Bertz CT molecular complexity index is 189. The molecule has 2 heteroatoms. The van der Waals surface area contributed by atoms with Gasteiger partial charge in [0.15, 0.2) is 0 Å². The Morgan fingerprint density at radius 1 is 1.20 bits per heavy atom. The maximum atomic E-state index is 6.44. The normalized spacial score (nSPS) is 35.6. The van der Waals surface area contributed by atoms with Crippen LogP contribution >= 0.6 is 0 Å². The lowest BCUT2D eigenvalue weighted by atomic mass is 9.77. The molecule has 88 valence electrons. The third-order valence-electron chi connectivity index (χ3n) is 4.35. The molecule has 2 nitrogen and oxygen atoms in total. The van der Waals surface area contributed by atoms with Gasteiger partial charge in [0, 0.05) is 18.6 Å². The van der Waals surface area contributed by atoms with Crippen molar-refractivity contribution < 1.29 is 4.74 Å². The Balaban J connectivity index is 1.90.